The highest BCUT2D eigenvalue weighted by molar-refractivity contribution is 5.32. The van der Waals surface area contributed by atoms with E-state index >= 15 is 0 Å². The zero-order valence-corrected chi connectivity index (χ0v) is 12.4. The van der Waals surface area contributed by atoms with Crippen molar-refractivity contribution in [3.63, 3.8) is 0 Å². The van der Waals surface area contributed by atoms with Crippen LogP contribution in [0.2, 0.25) is 0 Å². The summed E-state index contributed by atoms with van der Waals surface area (Å²) in [7, 11) is 0. The van der Waals surface area contributed by atoms with Crippen molar-refractivity contribution in [1.82, 2.24) is 4.90 Å². The summed E-state index contributed by atoms with van der Waals surface area (Å²) in [5, 5.41) is 19.9. The quantitative estimate of drug-likeness (QED) is 0.601. The zero-order chi connectivity index (χ0) is 15.8. The minimum absolute atomic E-state index is 0.0988. The van der Waals surface area contributed by atoms with Gasteiger partial charge in [0.15, 0.2) is 0 Å². The van der Waals surface area contributed by atoms with E-state index < -0.39 is 4.92 Å². The highest BCUT2D eigenvalue weighted by atomic mass is 16.6. The molecular weight excluding hydrogens is 280 g/mol. The Morgan fingerprint density at radius 2 is 1.64 bits per heavy atom. The molecule has 0 spiro atoms. The Balaban J connectivity index is 1.94. The second-order valence-corrected chi connectivity index (χ2v) is 5.16. The summed E-state index contributed by atoms with van der Waals surface area (Å²) in [5.74, 6) is 0. The zero-order valence-electron chi connectivity index (χ0n) is 12.4. The molecule has 0 atom stereocenters. The van der Waals surface area contributed by atoms with Gasteiger partial charge in [-0.3, -0.25) is 15.0 Å². The molecule has 2 aromatic carbocycles. The Bertz CT molecular complexity index is 585. The number of nitrogens with zero attached hydrogens (tertiary/aromatic N) is 2. The molecule has 5 nitrogen and oxygen atoms in total. The SMILES string of the molecule is O=[N+]([O-])c1ccc(CN(CCO)CCc2ccccc2)cc1. The third-order valence-corrected chi connectivity index (χ3v) is 3.53. The molecule has 22 heavy (non-hydrogen) atoms. The fourth-order valence-corrected chi connectivity index (χ4v) is 2.32. The van der Waals surface area contributed by atoms with Crippen LogP contribution in [0, 0.1) is 10.1 Å². The molecule has 0 saturated carbocycles. The summed E-state index contributed by atoms with van der Waals surface area (Å²) >= 11 is 0. The molecule has 0 aliphatic heterocycles. The largest absolute Gasteiger partial charge is 0.395 e. The first kappa shape index (κ1) is 16.1. The number of hydrogen-bond acceptors (Lipinski definition) is 4. The Kier molecular flexibility index (Phi) is 6.06. The van der Waals surface area contributed by atoms with Crippen LogP contribution >= 0.6 is 0 Å². The van der Waals surface area contributed by atoms with E-state index in [9.17, 15) is 15.2 Å². The Labute approximate surface area is 130 Å². The molecule has 0 aliphatic carbocycles. The number of rotatable bonds is 8. The van der Waals surface area contributed by atoms with E-state index in [2.05, 4.69) is 17.0 Å². The van der Waals surface area contributed by atoms with Crippen LogP contribution in [0.3, 0.4) is 0 Å². The van der Waals surface area contributed by atoms with E-state index in [4.69, 9.17) is 0 Å². The van der Waals surface area contributed by atoms with Gasteiger partial charge in [-0.1, -0.05) is 42.5 Å². The van der Waals surface area contributed by atoms with Crippen molar-refractivity contribution in [2.24, 2.45) is 0 Å². The summed E-state index contributed by atoms with van der Waals surface area (Å²) in [4.78, 5) is 12.4. The van der Waals surface area contributed by atoms with Crippen LogP contribution in [0.15, 0.2) is 54.6 Å². The molecule has 0 unspecified atom stereocenters. The standard InChI is InChI=1S/C17H20N2O3/c20-13-12-18(11-10-15-4-2-1-3-5-15)14-16-6-8-17(9-7-16)19(21)22/h1-9,20H,10-14H2. The first-order valence-electron chi connectivity index (χ1n) is 7.29. The van der Waals surface area contributed by atoms with Gasteiger partial charge in [-0.05, 0) is 17.5 Å². The van der Waals surface area contributed by atoms with E-state index in [1.54, 1.807) is 12.1 Å². The number of non-ortho nitro benzene ring substituents is 1. The van der Waals surface area contributed by atoms with Crippen molar-refractivity contribution in [1.29, 1.82) is 0 Å². The molecule has 0 aromatic heterocycles. The average molecular weight is 300 g/mol. The van der Waals surface area contributed by atoms with E-state index in [0.717, 1.165) is 18.5 Å². The smallest absolute Gasteiger partial charge is 0.269 e. The number of nitro groups is 1. The van der Waals surface area contributed by atoms with Gasteiger partial charge in [0.05, 0.1) is 11.5 Å². The summed E-state index contributed by atoms with van der Waals surface area (Å²) in [6.07, 6.45) is 0.911. The van der Waals surface area contributed by atoms with Gasteiger partial charge in [0.25, 0.3) is 5.69 Å². The number of nitro benzene ring substituents is 1. The van der Waals surface area contributed by atoms with E-state index in [1.165, 1.54) is 17.7 Å². The van der Waals surface area contributed by atoms with Gasteiger partial charge in [-0.2, -0.15) is 0 Å². The van der Waals surface area contributed by atoms with E-state index in [1.807, 2.05) is 18.2 Å². The number of hydrogen-bond donors (Lipinski definition) is 1. The summed E-state index contributed by atoms with van der Waals surface area (Å²) < 4.78 is 0. The molecule has 116 valence electrons. The molecule has 0 saturated heterocycles. The lowest BCUT2D eigenvalue weighted by atomic mass is 10.1. The molecule has 1 N–H and O–H groups in total. The van der Waals surface area contributed by atoms with Crippen molar-refractivity contribution in [3.8, 4) is 0 Å². The van der Waals surface area contributed by atoms with Gasteiger partial charge < -0.3 is 5.11 Å². The van der Waals surface area contributed by atoms with Gasteiger partial charge in [-0.25, -0.2) is 0 Å². The molecule has 0 radical (unpaired) electrons. The predicted molar refractivity (Wildman–Crippen MR) is 85.6 cm³/mol. The third kappa shape index (κ3) is 4.95. The molecule has 0 fully saturated rings. The van der Waals surface area contributed by atoms with Gasteiger partial charge in [-0.15, -0.1) is 0 Å². The lowest BCUT2D eigenvalue weighted by Gasteiger charge is -2.21. The van der Waals surface area contributed by atoms with Crippen molar-refractivity contribution >= 4 is 5.69 Å². The van der Waals surface area contributed by atoms with Crippen molar-refractivity contribution in [2.45, 2.75) is 13.0 Å². The third-order valence-electron chi connectivity index (χ3n) is 3.53. The Morgan fingerprint density at radius 1 is 0.955 bits per heavy atom. The second-order valence-electron chi connectivity index (χ2n) is 5.16. The van der Waals surface area contributed by atoms with Gasteiger partial charge >= 0.3 is 0 Å². The minimum Gasteiger partial charge on any atom is -0.395 e. The van der Waals surface area contributed by atoms with Crippen molar-refractivity contribution in [3.05, 3.63) is 75.8 Å². The Morgan fingerprint density at radius 3 is 2.23 bits per heavy atom. The van der Waals surface area contributed by atoms with Crippen LogP contribution in [0.25, 0.3) is 0 Å². The maximum Gasteiger partial charge on any atom is 0.269 e. The molecule has 2 aromatic rings. The molecule has 5 heteroatoms. The fraction of sp³-hybridized carbons (Fsp3) is 0.294. The molecule has 0 bridgehead atoms. The van der Waals surface area contributed by atoms with Crippen LogP contribution in [0.4, 0.5) is 5.69 Å². The number of aliphatic hydroxyl groups excluding tert-OH is 1. The van der Waals surface area contributed by atoms with E-state index in [-0.39, 0.29) is 12.3 Å². The van der Waals surface area contributed by atoms with Gasteiger partial charge in [0.1, 0.15) is 0 Å². The summed E-state index contributed by atoms with van der Waals surface area (Å²) in [6, 6.07) is 16.8. The molecule has 2 rings (SSSR count). The first-order valence-corrected chi connectivity index (χ1v) is 7.29. The van der Waals surface area contributed by atoms with Crippen LogP contribution in [-0.4, -0.2) is 34.6 Å². The molecule has 0 heterocycles. The Hall–Kier alpha value is -2.24. The summed E-state index contributed by atoms with van der Waals surface area (Å²) in [6.45, 7) is 2.19. The lowest BCUT2D eigenvalue weighted by molar-refractivity contribution is -0.384. The maximum atomic E-state index is 10.7. The monoisotopic (exact) mass is 300 g/mol. The summed E-state index contributed by atoms with van der Waals surface area (Å²) in [5.41, 5.74) is 2.36. The number of aliphatic hydroxyl groups is 1. The van der Waals surface area contributed by atoms with Crippen LogP contribution in [0.1, 0.15) is 11.1 Å². The average Bonchev–Trinajstić information content (AvgIpc) is 2.54. The lowest BCUT2D eigenvalue weighted by Crippen LogP contribution is -2.28. The predicted octanol–water partition coefficient (Wildman–Crippen LogP) is 2.63. The molecule has 0 amide bonds. The van der Waals surface area contributed by atoms with Crippen LogP contribution in [0.5, 0.6) is 0 Å². The van der Waals surface area contributed by atoms with Crippen molar-refractivity contribution in [2.75, 3.05) is 19.7 Å². The van der Waals surface area contributed by atoms with Crippen LogP contribution < -0.4 is 0 Å². The first-order chi connectivity index (χ1) is 10.7. The molecule has 0 aliphatic rings. The van der Waals surface area contributed by atoms with Crippen molar-refractivity contribution < 1.29 is 10.0 Å². The molecular formula is C17H20N2O3. The minimum atomic E-state index is -0.398. The highest BCUT2D eigenvalue weighted by Gasteiger charge is 2.08. The normalized spacial score (nSPS) is 10.8. The van der Waals surface area contributed by atoms with Crippen LogP contribution in [-0.2, 0) is 13.0 Å². The second kappa shape index (κ2) is 8.26. The van der Waals surface area contributed by atoms with Gasteiger partial charge in [0, 0.05) is 31.8 Å². The fourth-order valence-electron chi connectivity index (χ4n) is 2.32. The highest BCUT2D eigenvalue weighted by Crippen LogP contribution is 2.14. The number of benzene rings is 2. The van der Waals surface area contributed by atoms with Gasteiger partial charge in [0.2, 0.25) is 0 Å². The van der Waals surface area contributed by atoms with E-state index in [0.29, 0.717) is 13.1 Å². The topological polar surface area (TPSA) is 66.6 Å². The maximum absolute atomic E-state index is 10.7.